The van der Waals surface area contributed by atoms with Crippen molar-refractivity contribution in [3.63, 3.8) is 0 Å². The number of nitriles is 1. The first-order valence-corrected chi connectivity index (χ1v) is 7.15. The summed E-state index contributed by atoms with van der Waals surface area (Å²) in [5.74, 6) is 0.490. The number of nitrogens with zero attached hydrogens (tertiary/aromatic N) is 3. The van der Waals surface area contributed by atoms with Gasteiger partial charge in [-0.05, 0) is 58.5 Å². The summed E-state index contributed by atoms with van der Waals surface area (Å²) in [6.45, 7) is 0.610. The van der Waals surface area contributed by atoms with Crippen molar-refractivity contribution in [3.05, 3.63) is 57.2 Å². The summed E-state index contributed by atoms with van der Waals surface area (Å²) in [6, 6.07) is 15.7. The van der Waals surface area contributed by atoms with Gasteiger partial charge in [0, 0.05) is 3.57 Å². The van der Waals surface area contributed by atoms with E-state index in [1.54, 1.807) is 6.07 Å². The number of imidazole rings is 1. The van der Waals surface area contributed by atoms with Crippen molar-refractivity contribution < 1.29 is 0 Å². The zero-order valence-corrected chi connectivity index (χ0v) is 12.7. The van der Waals surface area contributed by atoms with Gasteiger partial charge in [0.05, 0.1) is 29.2 Å². The van der Waals surface area contributed by atoms with Gasteiger partial charge in [0.25, 0.3) is 0 Å². The maximum Gasteiger partial charge on any atom is 0.201 e. The largest absolute Gasteiger partial charge is 0.369 e. The van der Waals surface area contributed by atoms with E-state index in [0.29, 0.717) is 18.1 Å². The van der Waals surface area contributed by atoms with Crippen molar-refractivity contribution in [2.45, 2.75) is 6.54 Å². The molecule has 0 aliphatic carbocycles. The predicted molar refractivity (Wildman–Crippen MR) is 87.1 cm³/mol. The normalized spacial score (nSPS) is 10.6. The van der Waals surface area contributed by atoms with Crippen LogP contribution in [0.25, 0.3) is 11.0 Å². The highest BCUT2D eigenvalue weighted by atomic mass is 127. The van der Waals surface area contributed by atoms with Gasteiger partial charge in [0.15, 0.2) is 0 Å². The Morgan fingerprint density at radius 1 is 1.25 bits per heavy atom. The molecule has 0 fully saturated rings. The van der Waals surface area contributed by atoms with Gasteiger partial charge in [-0.1, -0.05) is 12.1 Å². The molecule has 3 aromatic rings. The summed E-state index contributed by atoms with van der Waals surface area (Å²) in [7, 11) is 0. The quantitative estimate of drug-likeness (QED) is 0.701. The number of fused-ring (bicyclic) bond motifs is 1. The van der Waals surface area contributed by atoms with Gasteiger partial charge in [0.2, 0.25) is 5.95 Å². The average molecular weight is 374 g/mol. The molecule has 1 heterocycles. The van der Waals surface area contributed by atoms with Gasteiger partial charge in [-0.15, -0.1) is 0 Å². The Morgan fingerprint density at radius 3 is 2.90 bits per heavy atom. The van der Waals surface area contributed by atoms with Crippen molar-refractivity contribution >= 4 is 39.6 Å². The smallest absolute Gasteiger partial charge is 0.201 e. The van der Waals surface area contributed by atoms with Crippen molar-refractivity contribution in [1.29, 1.82) is 5.26 Å². The molecular weight excluding hydrogens is 363 g/mol. The van der Waals surface area contributed by atoms with E-state index in [0.717, 1.165) is 20.2 Å². The van der Waals surface area contributed by atoms with Crippen LogP contribution in [0.1, 0.15) is 11.1 Å². The Hall–Kier alpha value is -2.07. The van der Waals surface area contributed by atoms with Crippen LogP contribution in [0.5, 0.6) is 0 Å². The van der Waals surface area contributed by atoms with Crippen LogP contribution < -0.4 is 5.73 Å². The lowest BCUT2D eigenvalue weighted by molar-refractivity contribution is 0.838. The fourth-order valence-electron chi connectivity index (χ4n) is 2.21. The molecule has 3 rings (SSSR count). The lowest BCUT2D eigenvalue weighted by Gasteiger charge is -2.07. The van der Waals surface area contributed by atoms with Crippen molar-refractivity contribution in [1.82, 2.24) is 9.55 Å². The molecule has 20 heavy (non-hydrogen) atoms. The molecule has 0 aliphatic rings. The van der Waals surface area contributed by atoms with E-state index in [1.807, 2.05) is 41.0 Å². The highest BCUT2D eigenvalue weighted by Gasteiger charge is 2.09. The summed E-state index contributed by atoms with van der Waals surface area (Å²) in [6.07, 6.45) is 0. The Kier molecular flexibility index (Phi) is 3.32. The van der Waals surface area contributed by atoms with Gasteiger partial charge in [-0.3, -0.25) is 0 Å². The molecule has 5 heteroatoms. The maximum absolute atomic E-state index is 8.95. The van der Waals surface area contributed by atoms with Crippen LogP contribution in [0.2, 0.25) is 0 Å². The fourth-order valence-corrected chi connectivity index (χ4v) is 2.68. The van der Waals surface area contributed by atoms with Gasteiger partial charge in [-0.25, -0.2) is 4.98 Å². The molecule has 0 saturated carbocycles. The molecule has 1 aromatic heterocycles. The Morgan fingerprint density at radius 2 is 2.10 bits per heavy atom. The van der Waals surface area contributed by atoms with E-state index in [9.17, 15) is 0 Å². The third kappa shape index (κ3) is 2.34. The number of rotatable bonds is 2. The molecule has 0 unspecified atom stereocenters. The standard InChI is InChI=1S/C15H11IN4/c16-12-4-5-14-13(7-12)19-15(18)20(14)9-11-3-1-2-10(6-11)8-17/h1-7H,9H2,(H2,18,19). The van der Waals surface area contributed by atoms with E-state index in [1.165, 1.54) is 0 Å². The molecule has 4 nitrogen and oxygen atoms in total. The Labute approximate surface area is 130 Å². The van der Waals surface area contributed by atoms with Gasteiger partial charge >= 0.3 is 0 Å². The number of benzene rings is 2. The first-order chi connectivity index (χ1) is 9.67. The molecule has 0 atom stereocenters. The van der Waals surface area contributed by atoms with E-state index in [2.05, 4.69) is 33.6 Å². The summed E-state index contributed by atoms with van der Waals surface area (Å²) >= 11 is 2.26. The van der Waals surface area contributed by atoms with Gasteiger partial charge in [0.1, 0.15) is 0 Å². The van der Waals surface area contributed by atoms with Crippen LogP contribution in [0, 0.1) is 14.9 Å². The summed E-state index contributed by atoms with van der Waals surface area (Å²) in [5.41, 5.74) is 9.59. The SMILES string of the molecule is N#Cc1cccc(Cn2c(N)nc3cc(I)ccc32)c1. The summed E-state index contributed by atoms with van der Waals surface area (Å²) in [4.78, 5) is 4.38. The molecule has 0 spiro atoms. The zero-order valence-electron chi connectivity index (χ0n) is 10.5. The summed E-state index contributed by atoms with van der Waals surface area (Å²) < 4.78 is 3.09. The lowest BCUT2D eigenvalue weighted by atomic mass is 10.1. The Balaban J connectivity index is 2.06. The van der Waals surface area contributed by atoms with Crippen molar-refractivity contribution in [2.75, 3.05) is 5.73 Å². The van der Waals surface area contributed by atoms with Crippen LogP contribution in [0.15, 0.2) is 42.5 Å². The van der Waals surface area contributed by atoms with E-state index >= 15 is 0 Å². The fraction of sp³-hybridized carbons (Fsp3) is 0.0667. The molecule has 0 aliphatic heterocycles. The number of aromatic nitrogens is 2. The third-order valence-electron chi connectivity index (χ3n) is 3.14. The molecule has 2 N–H and O–H groups in total. The van der Waals surface area contributed by atoms with Gasteiger partial charge in [-0.2, -0.15) is 5.26 Å². The maximum atomic E-state index is 8.95. The molecule has 0 bridgehead atoms. The molecular formula is C15H11IN4. The van der Waals surface area contributed by atoms with Crippen LogP contribution in [-0.2, 0) is 6.54 Å². The second-order valence-corrected chi connectivity index (χ2v) is 5.75. The molecule has 2 aromatic carbocycles. The molecule has 98 valence electrons. The molecule has 0 amide bonds. The Bertz CT molecular complexity index is 829. The predicted octanol–water partition coefficient (Wildman–Crippen LogP) is 3.14. The lowest BCUT2D eigenvalue weighted by Crippen LogP contribution is -2.04. The van der Waals surface area contributed by atoms with E-state index < -0.39 is 0 Å². The van der Waals surface area contributed by atoms with Crippen LogP contribution in [-0.4, -0.2) is 9.55 Å². The number of hydrogen-bond donors (Lipinski definition) is 1. The van der Waals surface area contributed by atoms with Gasteiger partial charge < -0.3 is 10.3 Å². The van der Waals surface area contributed by atoms with E-state index in [4.69, 9.17) is 11.0 Å². The minimum atomic E-state index is 0.490. The van der Waals surface area contributed by atoms with Crippen LogP contribution in [0.3, 0.4) is 0 Å². The second-order valence-electron chi connectivity index (χ2n) is 4.50. The monoisotopic (exact) mass is 374 g/mol. The topological polar surface area (TPSA) is 67.6 Å². The number of nitrogens with two attached hydrogens (primary N) is 1. The minimum Gasteiger partial charge on any atom is -0.369 e. The number of halogens is 1. The average Bonchev–Trinajstić information content (AvgIpc) is 2.74. The first kappa shape index (κ1) is 12.9. The van der Waals surface area contributed by atoms with Crippen molar-refractivity contribution in [3.8, 4) is 6.07 Å². The van der Waals surface area contributed by atoms with Crippen molar-refractivity contribution in [2.24, 2.45) is 0 Å². The third-order valence-corrected chi connectivity index (χ3v) is 3.81. The highest BCUT2D eigenvalue weighted by Crippen LogP contribution is 2.21. The first-order valence-electron chi connectivity index (χ1n) is 6.07. The molecule has 0 saturated heterocycles. The highest BCUT2D eigenvalue weighted by molar-refractivity contribution is 14.1. The minimum absolute atomic E-state index is 0.490. The van der Waals surface area contributed by atoms with E-state index in [-0.39, 0.29) is 0 Å². The van der Waals surface area contributed by atoms with Crippen LogP contribution in [0.4, 0.5) is 5.95 Å². The van der Waals surface area contributed by atoms with Crippen LogP contribution >= 0.6 is 22.6 Å². The number of anilines is 1. The molecule has 0 radical (unpaired) electrons. The zero-order chi connectivity index (χ0) is 14.1. The summed E-state index contributed by atoms with van der Waals surface area (Å²) in [5, 5.41) is 8.95. The number of hydrogen-bond acceptors (Lipinski definition) is 3. The second kappa shape index (κ2) is 5.13. The number of nitrogen functional groups attached to an aromatic ring is 1.